The van der Waals surface area contributed by atoms with Crippen molar-refractivity contribution in [3.05, 3.63) is 34.0 Å². The Morgan fingerprint density at radius 2 is 2.22 bits per heavy atom. The second-order valence-electron chi connectivity index (χ2n) is 6.04. The lowest BCUT2D eigenvalue weighted by atomic mass is 9.84. The first-order chi connectivity index (χ1) is 10.6. The number of hydrogen-bond acceptors (Lipinski definition) is 3. The minimum atomic E-state index is 0. The van der Waals surface area contributed by atoms with Gasteiger partial charge in [-0.25, -0.2) is 0 Å². The predicted molar refractivity (Wildman–Crippen MR) is 102 cm³/mol. The number of halogens is 2. The van der Waals surface area contributed by atoms with Crippen LogP contribution in [0.2, 0.25) is 4.34 Å². The SMILES string of the molecule is C=CCN(Cc1ccc(Cl)s1)C(=O)CC(C)C1CCNCC1.Cl. The van der Waals surface area contributed by atoms with Crippen LogP contribution in [0.4, 0.5) is 0 Å². The van der Waals surface area contributed by atoms with Crippen LogP contribution in [0.15, 0.2) is 24.8 Å². The Morgan fingerprint density at radius 1 is 1.52 bits per heavy atom. The summed E-state index contributed by atoms with van der Waals surface area (Å²) in [4.78, 5) is 15.6. The first-order valence-electron chi connectivity index (χ1n) is 7.93. The predicted octanol–water partition coefficient (Wildman–Crippen LogP) is 4.36. The number of carbonyl (C=O) groups excluding carboxylic acids is 1. The van der Waals surface area contributed by atoms with E-state index < -0.39 is 0 Å². The Hall–Kier alpha value is -0.550. The van der Waals surface area contributed by atoms with Gasteiger partial charge in [-0.2, -0.15) is 0 Å². The molecular formula is C17H26Cl2N2OS. The van der Waals surface area contributed by atoms with Crippen LogP contribution in [0.25, 0.3) is 0 Å². The van der Waals surface area contributed by atoms with Gasteiger partial charge in [0, 0.05) is 17.8 Å². The molecule has 130 valence electrons. The molecule has 1 N–H and O–H groups in total. The lowest BCUT2D eigenvalue weighted by Gasteiger charge is -2.29. The smallest absolute Gasteiger partial charge is 0.223 e. The summed E-state index contributed by atoms with van der Waals surface area (Å²) in [5.74, 6) is 1.32. The summed E-state index contributed by atoms with van der Waals surface area (Å²) >= 11 is 7.51. The topological polar surface area (TPSA) is 32.3 Å². The third kappa shape index (κ3) is 6.46. The lowest BCUT2D eigenvalue weighted by Crippen LogP contribution is -2.35. The number of amides is 1. The average Bonchev–Trinajstić information content (AvgIpc) is 2.93. The standard InChI is InChI=1S/C17H25ClN2OS.ClH/c1-3-10-20(12-15-4-5-16(18)22-15)17(21)11-13(2)14-6-8-19-9-7-14;/h3-5,13-14,19H,1,6-12H2,2H3;1H. The molecule has 3 nitrogen and oxygen atoms in total. The molecule has 2 heterocycles. The number of nitrogens with zero attached hydrogens (tertiary/aromatic N) is 1. The lowest BCUT2D eigenvalue weighted by molar-refractivity contribution is -0.132. The highest BCUT2D eigenvalue weighted by Gasteiger charge is 2.24. The van der Waals surface area contributed by atoms with Crippen LogP contribution in [0.5, 0.6) is 0 Å². The summed E-state index contributed by atoms with van der Waals surface area (Å²) < 4.78 is 0.768. The summed E-state index contributed by atoms with van der Waals surface area (Å²) in [6, 6.07) is 3.88. The van der Waals surface area contributed by atoms with Crippen molar-refractivity contribution in [1.29, 1.82) is 0 Å². The molecule has 0 aromatic carbocycles. The van der Waals surface area contributed by atoms with Crippen molar-refractivity contribution < 1.29 is 4.79 Å². The number of rotatable bonds is 7. The van der Waals surface area contributed by atoms with E-state index in [1.807, 2.05) is 17.0 Å². The van der Waals surface area contributed by atoms with Crippen LogP contribution in [0, 0.1) is 11.8 Å². The molecule has 1 aliphatic heterocycles. The first-order valence-corrected chi connectivity index (χ1v) is 9.13. The van der Waals surface area contributed by atoms with E-state index in [4.69, 9.17) is 11.6 Å². The molecule has 1 fully saturated rings. The summed E-state index contributed by atoms with van der Waals surface area (Å²) in [5.41, 5.74) is 0. The first kappa shape index (κ1) is 20.5. The molecule has 0 radical (unpaired) electrons. The van der Waals surface area contributed by atoms with Crippen LogP contribution in [0.3, 0.4) is 0 Å². The Labute approximate surface area is 154 Å². The Bertz CT molecular complexity index is 501. The van der Waals surface area contributed by atoms with Gasteiger partial charge in [0.1, 0.15) is 0 Å². The minimum Gasteiger partial charge on any atom is -0.334 e. The molecule has 0 saturated carbocycles. The fourth-order valence-corrected chi connectivity index (χ4v) is 4.12. The van der Waals surface area contributed by atoms with E-state index in [0.717, 1.165) is 22.3 Å². The van der Waals surface area contributed by atoms with Crippen molar-refractivity contribution in [2.24, 2.45) is 11.8 Å². The van der Waals surface area contributed by atoms with Gasteiger partial charge in [-0.1, -0.05) is 24.6 Å². The second-order valence-corrected chi connectivity index (χ2v) is 7.84. The van der Waals surface area contributed by atoms with Gasteiger partial charge in [-0.15, -0.1) is 30.3 Å². The van der Waals surface area contributed by atoms with Crippen molar-refractivity contribution in [3.63, 3.8) is 0 Å². The van der Waals surface area contributed by atoms with E-state index in [1.54, 1.807) is 6.08 Å². The molecule has 0 aliphatic carbocycles. The molecule has 1 aliphatic rings. The van der Waals surface area contributed by atoms with E-state index in [2.05, 4.69) is 18.8 Å². The Kier molecular flexibility index (Phi) is 9.22. The normalized spacial score (nSPS) is 16.4. The number of carbonyl (C=O) groups is 1. The molecule has 23 heavy (non-hydrogen) atoms. The van der Waals surface area contributed by atoms with E-state index in [0.29, 0.717) is 31.3 Å². The highest BCUT2D eigenvalue weighted by Crippen LogP contribution is 2.26. The molecule has 1 unspecified atom stereocenters. The van der Waals surface area contributed by atoms with Crippen molar-refractivity contribution in [2.75, 3.05) is 19.6 Å². The molecule has 0 bridgehead atoms. The average molecular weight is 377 g/mol. The molecule has 2 rings (SSSR count). The maximum Gasteiger partial charge on any atom is 0.223 e. The molecule has 1 atom stereocenters. The molecule has 0 spiro atoms. The van der Waals surface area contributed by atoms with Crippen molar-refractivity contribution in [2.45, 2.75) is 32.7 Å². The van der Waals surface area contributed by atoms with E-state index in [-0.39, 0.29) is 18.3 Å². The van der Waals surface area contributed by atoms with Crippen molar-refractivity contribution in [3.8, 4) is 0 Å². The van der Waals surface area contributed by atoms with Gasteiger partial charge >= 0.3 is 0 Å². The van der Waals surface area contributed by atoms with Gasteiger partial charge in [0.25, 0.3) is 0 Å². The highest BCUT2D eigenvalue weighted by molar-refractivity contribution is 7.16. The molecule has 1 aromatic rings. The minimum absolute atomic E-state index is 0. The van der Waals surface area contributed by atoms with Gasteiger partial charge in [-0.05, 0) is 49.9 Å². The molecular weight excluding hydrogens is 351 g/mol. The van der Waals surface area contributed by atoms with Crippen LogP contribution in [-0.2, 0) is 11.3 Å². The number of thiophene rings is 1. The summed E-state index contributed by atoms with van der Waals surface area (Å²) in [6.07, 6.45) is 4.77. The second kappa shape index (κ2) is 10.3. The molecule has 1 saturated heterocycles. The van der Waals surface area contributed by atoms with Crippen LogP contribution in [-0.4, -0.2) is 30.4 Å². The van der Waals surface area contributed by atoms with E-state index in [1.165, 1.54) is 24.2 Å². The number of nitrogens with one attached hydrogen (secondary N) is 1. The summed E-state index contributed by atoms with van der Waals surface area (Å²) in [6.45, 7) is 9.35. The zero-order valence-electron chi connectivity index (χ0n) is 13.6. The third-order valence-corrected chi connectivity index (χ3v) is 5.58. The van der Waals surface area contributed by atoms with Crippen LogP contribution in [0.1, 0.15) is 31.1 Å². The molecule has 6 heteroatoms. The van der Waals surface area contributed by atoms with Gasteiger partial charge in [0.2, 0.25) is 5.91 Å². The van der Waals surface area contributed by atoms with Crippen molar-refractivity contribution >= 4 is 41.3 Å². The Balaban J connectivity index is 0.00000264. The fraction of sp³-hybridized carbons (Fsp3) is 0.588. The van der Waals surface area contributed by atoms with Gasteiger partial charge in [-0.3, -0.25) is 4.79 Å². The van der Waals surface area contributed by atoms with E-state index in [9.17, 15) is 4.79 Å². The summed E-state index contributed by atoms with van der Waals surface area (Å²) in [5, 5.41) is 3.38. The van der Waals surface area contributed by atoms with Gasteiger partial charge in [0.15, 0.2) is 0 Å². The molecule has 1 amide bonds. The monoisotopic (exact) mass is 376 g/mol. The van der Waals surface area contributed by atoms with Gasteiger partial charge < -0.3 is 10.2 Å². The number of hydrogen-bond donors (Lipinski definition) is 1. The molecule has 1 aromatic heterocycles. The van der Waals surface area contributed by atoms with Crippen molar-refractivity contribution in [1.82, 2.24) is 10.2 Å². The van der Waals surface area contributed by atoms with E-state index >= 15 is 0 Å². The van der Waals surface area contributed by atoms with Crippen LogP contribution >= 0.6 is 35.3 Å². The number of piperidine rings is 1. The zero-order chi connectivity index (χ0) is 15.9. The Morgan fingerprint density at radius 3 is 2.78 bits per heavy atom. The van der Waals surface area contributed by atoms with Crippen LogP contribution < -0.4 is 5.32 Å². The maximum atomic E-state index is 12.6. The summed E-state index contributed by atoms with van der Waals surface area (Å²) in [7, 11) is 0. The van der Waals surface area contributed by atoms with Gasteiger partial charge in [0.05, 0.1) is 10.9 Å². The quantitative estimate of drug-likeness (QED) is 0.716. The maximum absolute atomic E-state index is 12.6. The zero-order valence-corrected chi connectivity index (χ0v) is 16.0. The fourth-order valence-electron chi connectivity index (χ4n) is 3.02. The highest BCUT2D eigenvalue weighted by atomic mass is 35.5. The third-order valence-electron chi connectivity index (χ3n) is 4.36. The largest absolute Gasteiger partial charge is 0.334 e.